The fraction of sp³-hybridized carbons (Fsp3) is 0.471. The van der Waals surface area contributed by atoms with Crippen LogP contribution in [0.3, 0.4) is 0 Å². The van der Waals surface area contributed by atoms with Crippen molar-refractivity contribution in [3.8, 4) is 11.3 Å². The maximum atomic E-state index is 5.13. The van der Waals surface area contributed by atoms with E-state index < -0.39 is 0 Å². The van der Waals surface area contributed by atoms with Crippen molar-refractivity contribution >= 4 is 11.3 Å². The second-order valence-corrected chi connectivity index (χ2v) is 6.11. The summed E-state index contributed by atoms with van der Waals surface area (Å²) in [6.07, 6.45) is 3.07. The van der Waals surface area contributed by atoms with Crippen LogP contribution in [-0.4, -0.2) is 31.8 Å². The quantitative estimate of drug-likeness (QED) is 0.720. The van der Waals surface area contributed by atoms with Gasteiger partial charge in [-0.15, -0.1) is 11.3 Å². The summed E-state index contributed by atoms with van der Waals surface area (Å²) in [5.74, 6) is 0. The maximum Gasteiger partial charge on any atom is 0.0936 e. The van der Waals surface area contributed by atoms with Gasteiger partial charge >= 0.3 is 0 Å². The third-order valence-corrected chi connectivity index (χ3v) is 4.48. The van der Waals surface area contributed by atoms with Crippen molar-refractivity contribution in [1.82, 2.24) is 10.3 Å². The van der Waals surface area contributed by atoms with Crippen LogP contribution >= 0.6 is 11.3 Å². The van der Waals surface area contributed by atoms with E-state index in [-0.39, 0.29) is 0 Å². The molecule has 1 heterocycles. The van der Waals surface area contributed by atoms with Crippen LogP contribution in [0.5, 0.6) is 0 Å². The van der Waals surface area contributed by atoms with Crippen molar-refractivity contribution < 1.29 is 4.74 Å². The third-order valence-electron chi connectivity index (χ3n) is 3.31. The molecule has 0 aliphatic carbocycles. The van der Waals surface area contributed by atoms with Gasteiger partial charge < -0.3 is 10.1 Å². The second kappa shape index (κ2) is 8.93. The third kappa shape index (κ3) is 4.92. The van der Waals surface area contributed by atoms with Crippen molar-refractivity contribution in [2.45, 2.75) is 26.2 Å². The number of nitrogens with zero attached hydrogens (tertiary/aromatic N) is 1. The monoisotopic (exact) mass is 304 g/mol. The van der Waals surface area contributed by atoms with E-state index >= 15 is 0 Å². The largest absolute Gasteiger partial charge is 0.385 e. The fourth-order valence-electron chi connectivity index (χ4n) is 2.24. The number of thiazole rings is 1. The number of aromatic nitrogens is 1. The maximum absolute atomic E-state index is 5.13. The minimum absolute atomic E-state index is 0.799. The molecular formula is C17H24N2OS. The average molecular weight is 304 g/mol. The Morgan fingerprint density at radius 1 is 1.19 bits per heavy atom. The highest BCUT2D eigenvalue weighted by Crippen LogP contribution is 2.29. The van der Waals surface area contributed by atoms with E-state index in [0.717, 1.165) is 44.7 Å². The molecule has 0 amide bonds. The summed E-state index contributed by atoms with van der Waals surface area (Å²) < 4.78 is 5.13. The van der Waals surface area contributed by atoms with Gasteiger partial charge in [0, 0.05) is 37.1 Å². The summed E-state index contributed by atoms with van der Waals surface area (Å²) in [5, 5.41) is 4.62. The minimum Gasteiger partial charge on any atom is -0.385 e. The van der Waals surface area contributed by atoms with Crippen molar-refractivity contribution in [2.75, 3.05) is 26.8 Å². The van der Waals surface area contributed by atoms with Gasteiger partial charge in [-0.1, -0.05) is 37.3 Å². The first-order valence-corrected chi connectivity index (χ1v) is 8.40. The van der Waals surface area contributed by atoms with E-state index in [2.05, 4.69) is 36.5 Å². The first kappa shape index (κ1) is 16.1. The number of ether oxygens (including phenoxy) is 1. The molecule has 0 aliphatic rings. The molecule has 2 aromatic rings. The van der Waals surface area contributed by atoms with Crippen LogP contribution in [0.15, 0.2) is 30.3 Å². The summed E-state index contributed by atoms with van der Waals surface area (Å²) >= 11 is 1.85. The SMILES string of the molecule is CCNCCc1sc(CCCOC)nc1-c1ccccc1. The number of methoxy groups -OCH3 is 1. The van der Waals surface area contributed by atoms with Crippen LogP contribution in [0.25, 0.3) is 11.3 Å². The highest BCUT2D eigenvalue weighted by molar-refractivity contribution is 7.12. The number of likely N-dealkylation sites (N-methyl/N-ethyl adjacent to an activating group) is 1. The summed E-state index contributed by atoms with van der Waals surface area (Å²) in [7, 11) is 1.75. The summed E-state index contributed by atoms with van der Waals surface area (Å²) in [5.41, 5.74) is 2.38. The molecule has 0 unspecified atom stereocenters. The van der Waals surface area contributed by atoms with Crippen molar-refractivity contribution in [1.29, 1.82) is 0 Å². The van der Waals surface area contributed by atoms with E-state index in [0.29, 0.717) is 0 Å². The molecule has 2 rings (SSSR count). The predicted octanol–water partition coefficient (Wildman–Crippen LogP) is 3.54. The molecule has 0 fully saturated rings. The molecule has 4 heteroatoms. The zero-order valence-electron chi connectivity index (χ0n) is 12.9. The molecule has 0 saturated heterocycles. The van der Waals surface area contributed by atoms with Crippen molar-refractivity contribution in [3.63, 3.8) is 0 Å². The highest BCUT2D eigenvalue weighted by Gasteiger charge is 2.12. The molecule has 0 radical (unpaired) electrons. The Labute approximate surface area is 131 Å². The Morgan fingerprint density at radius 2 is 2.00 bits per heavy atom. The Balaban J connectivity index is 2.15. The van der Waals surface area contributed by atoms with Crippen LogP contribution in [-0.2, 0) is 17.6 Å². The van der Waals surface area contributed by atoms with Crippen LogP contribution in [0.4, 0.5) is 0 Å². The molecule has 0 atom stereocenters. The molecule has 114 valence electrons. The average Bonchev–Trinajstić information content (AvgIpc) is 2.92. The van der Waals surface area contributed by atoms with Crippen molar-refractivity contribution in [2.24, 2.45) is 0 Å². The lowest BCUT2D eigenvalue weighted by Crippen LogP contribution is -2.15. The van der Waals surface area contributed by atoms with E-state index in [1.165, 1.54) is 15.4 Å². The normalized spacial score (nSPS) is 11.0. The van der Waals surface area contributed by atoms with Gasteiger partial charge in [-0.3, -0.25) is 0 Å². The van der Waals surface area contributed by atoms with E-state index in [1.807, 2.05) is 17.4 Å². The Kier molecular flexibility index (Phi) is 6.86. The Hall–Kier alpha value is -1.23. The van der Waals surface area contributed by atoms with Crippen LogP contribution in [0, 0.1) is 0 Å². The number of rotatable bonds is 9. The minimum atomic E-state index is 0.799. The number of aryl methyl sites for hydroxylation is 1. The molecule has 1 N–H and O–H groups in total. The van der Waals surface area contributed by atoms with Gasteiger partial charge in [0.05, 0.1) is 10.7 Å². The van der Waals surface area contributed by atoms with Crippen LogP contribution < -0.4 is 5.32 Å². The van der Waals surface area contributed by atoms with Crippen LogP contribution in [0.1, 0.15) is 23.2 Å². The summed E-state index contributed by atoms with van der Waals surface area (Å²) in [4.78, 5) is 6.25. The molecule has 21 heavy (non-hydrogen) atoms. The van der Waals surface area contributed by atoms with E-state index in [4.69, 9.17) is 9.72 Å². The lowest BCUT2D eigenvalue weighted by Gasteiger charge is -2.03. The van der Waals surface area contributed by atoms with Gasteiger partial charge in [0.15, 0.2) is 0 Å². The number of nitrogens with one attached hydrogen (secondary N) is 1. The van der Waals surface area contributed by atoms with Crippen molar-refractivity contribution in [3.05, 3.63) is 40.2 Å². The lowest BCUT2D eigenvalue weighted by atomic mass is 10.1. The molecule has 0 bridgehead atoms. The summed E-state index contributed by atoms with van der Waals surface area (Å²) in [6.45, 7) is 4.96. The first-order valence-electron chi connectivity index (χ1n) is 7.58. The highest BCUT2D eigenvalue weighted by atomic mass is 32.1. The Morgan fingerprint density at radius 3 is 2.71 bits per heavy atom. The van der Waals surface area contributed by atoms with Gasteiger partial charge in [0.2, 0.25) is 0 Å². The molecule has 0 saturated carbocycles. The Bertz CT molecular complexity index is 525. The fourth-order valence-corrected chi connectivity index (χ4v) is 3.38. The zero-order chi connectivity index (χ0) is 14.9. The molecule has 1 aromatic carbocycles. The molecular weight excluding hydrogens is 280 g/mol. The van der Waals surface area contributed by atoms with Gasteiger partial charge in [-0.25, -0.2) is 4.98 Å². The number of hydrogen-bond acceptors (Lipinski definition) is 4. The molecule has 0 aliphatic heterocycles. The molecule has 1 aromatic heterocycles. The van der Waals surface area contributed by atoms with E-state index in [1.54, 1.807) is 7.11 Å². The van der Waals surface area contributed by atoms with Crippen LogP contribution in [0.2, 0.25) is 0 Å². The van der Waals surface area contributed by atoms with Gasteiger partial charge in [-0.05, 0) is 19.4 Å². The van der Waals surface area contributed by atoms with E-state index in [9.17, 15) is 0 Å². The smallest absolute Gasteiger partial charge is 0.0936 e. The number of hydrogen-bond donors (Lipinski definition) is 1. The van der Waals surface area contributed by atoms with Gasteiger partial charge in [-0.2, -0.15) is 0 Å². The lowest BCUT2D eigenvalue weighted by molar-refractivity contribution is 0.195. The molecule has 3 nitrogen and oxygen atoms in total. The first-order chi connectivity index (χ1) is 10.3. The summed E-state index contributed by atoms with van der Waals surface area (Å²) in [6, 6.07) is 10.5. The predicted molar refractivity (Wildman–Crippen MR) is 90.0 cm³/mol. The second-order valence-electron chi connectivity index (χ2n) is 4.95. The zero-order valence-corrected chi connectivity index (χ0v) is 13.7. The topological polar surface area (TPSA) is 34.1 Å². The number of benzene rings is 1. The van der Waals surface area contributed by atoms with Gasteiger partial charge in [0.25, 0.3) is 0 Å². The van der Waals surface area contributed by atoms with Gasteiger partial charge in [0.1, 0.15) is 0 Å². The molecule has 0 spiro atoms. The standard InChI is InChI=1S/C17H24N2OS/c1-3-18-12-11-15-17(14-8-5-4-6-9-14)19-16(21-15)10-7-13-20-2/h4-6,8-9,18H,3,7,10-13H2,1-2H3.